The van der Waals surface area contributed by atoms with Gasteiger partial charge in [0, 0.05) is 13.1 Å². The molecule has 78 valence electrons. The van der Waals surface area contributed by atoms with E-state index in [2.05, 4.69) is 10.2 Å². The monoisotopic (exact) mass is 197 g/mol. The molecule has 5 nitrogen and oxygen atoms in total. The summed E-state index contributed by atoms with van der Waals surface area (Å²) >= 11 is 0. The normalized spacial score (nSPS) is 35.3. The summed E-state index contributed by atoms with van der Waals surface area (Å²) in [6.07, 6.45) is 0.805. The van der Waals surface area contributed by atoms with Gasteiger partial charge >= 0.3 is 0 Å². The van der Waals surface area contributed by atoms with Crippen LogP contribution in [0.4, 0.5) is 0 Å². The van der Waals surface area contributed by atoms with E-state index in [4.69, 9.17) is 0 Å². The lowest BCUT2D eigenvalue weighted by molar-refractivity contribution is -0.145. The van der Waals surface area contributed by atoms with Crippen LogP contribution >= 0.6 is 0 Å². The van der Waals surface area contributed by atoms with Crippen molar-refractivity contribution in [2.45, 2.75) is 12.0 Å². The Morgan fingerprint density at radius 1 is 1.36 bits per heavy atom. The fraction of sp³-hybridized carbons (Fsp3) is 0.778. The smallest absolute Gasteiger partial charge is 0.248 e. The average Bonchev–Trinajstić information content (AvgIpc) is 2.46. The number of hydrogen-bond donors (Lipinski definition) is 1. The van der Waals surface area contributed by atoms with Crippen LogP contribution in [0.1, 0.15) is 6.42 Å². The van der Waals surface area contributed by atoms with E-state index in [0.717, 1.165) is 13.0 Å². The van der Waals surface area contributed by atoms with Gasteiger partial charge in [0.25, 0.3) is 0 Å². The van der Waals surface area contributed by atoms with E-state index in [1.165, 1.54) is 0 Å². The van der Waals surface area contributed by atoms with Gasteiger partial charge in [0.05, 0.1) is 6.54 Å². The summed E-state index contributed by atoms with van der Waals surface area (Å²) in [6, 6.07) is 0. The van der Waals surface area contributed by atoms with E-state index in [9.17, 15) is 9.59 Å². The fourth-order valence-electron chi connectivity index (χ4n) is 2.30. The van der Waals surface area contributed by atoms with Gasteiger partial charge in [0.2, 0.25) is 11.8 Å². The maximum atomic E-state index is 11.8. The van der Waals surface area contributed by atoms with Gasteiger partial charge in [-0.2, -0.15) is 0 Å². The van der Waals surface area contributed by atoms with Crippen LogP contribution in [-0.2, 0) is 9.59 Å². The first-order valence-electron chi connectivity index (χ1n) is 4.79. The second kappa shape index (κ2) is 3.03. The molecule has 0 aromatic rings. The van der Waals surface area contributed by atoms with Crippen molar-refractivity contribution in [1.29, 1.82) is 0 Å². The van der Waals surface area contributed by atoms with E-state index in [0.29, 0.717) is 13.1 Å². The molecule has 1 spiro atoms. The molecule has 2 aliphatic heterocycles. The third-order valence-corrected chi connectivity index (χ3v) is 3.23. The van der Waals surface area contributed by atoms with Crippen molar-refractivity contribution in [3.8, 4) is 0 Å². The molecule has 2 aliphatic rings. The van der Waals surface area contributed by atoms with Crippen LogP contribution in [0.25, 0.3) is 0 Å². The summed E-state index contributed by atoms with van der Waals surface area (Å²) in [5.41, 5.74) is -0.470. The Bertz CT molecular complexity index is 292. The number of likely N-dealkylation sites (N-methyl/N-ethyl adjacent to an activating group) is 2. The minimum Gasteiger partial charge on any atom is -0.304 e. The van der Waals surface area contributed by atoms with E-state index < -0.39 is 5.54 Å². The molecule has 2 amide bonds. The van der Waals surface area contributed by atoms with Crippen molar-refractivity contribution in [1.82, 2.24) is 15.1 Å². The topological polar surface area (TPSA) is 52.7 Å². The number of imide groups is 1. The minimum absolute atomic E-state index is 0.138. The number of amides is 2. The summed E-state index contributed by atoms with van der Waals surface area (Å²) in [7, 11) is 3.84. The highest BCUT2D eigenvalue weighted by Crippen LogP contribution is 2.28. The molecule has 2 rings (SSSR count). The van der Waals surface area contributed by atoms with Gasteiger partial charge in [0.15, 0.2) is 0 Å². The molecular formula is C9H15N3O2. The van der Waals surface area contributed by atoms with Crippen LogP contribution in [0.2, 0.25) is 0 Å². The number of likely N-dealkylation sites (tertiary alicyclic amines) is 1. The van der Waals surface area contributed by atoms with Crippen molar-refractivity contribution in [2.75, 3.05) is 33.7 Å². The van der Waals surface area contributed by atoms with E-state index in [1.54, 1.807) is 0 Å². The van der Waals surface area contributed by atoms with Gasteiger partial charge < -0.3 is 4.90 Å². The number of piperazine rings is 1. The summed E-state index contributed by atoms with van der Waals surface area (Å²) in [5.74, 6) is -0.335. The zero-order chi connectivity index (χ0) is 10.3. The highest BCUT2D eigenvalue weighted by molar-refractivity contribution is 6.03. The molecule has 0 aromatic heterocycles. The lowest BCUT2D eigenvalue weighted by Gasteiger charge is -2.39. The molecule has 1 atom stereocenters. The van der Waals surface area contributed by atoms with Crippen molar-refractivity contribution in [3.05, 3.63) is 0 Å². The summed E-state index contributed by atoms with van der Waals surface area (Å²) < 4.78 is 0. The predicted molar refractivity (Wildman–Crippen MR) is 50.6 cm³/mol. The first kappa shape index (κ1) is 9.61. The molecule has 2 saturated heterocycles. The first-order chi connectivity index (χ1) is 6.54. The molecule has 0 saturated carbocycles. The average molecular weight is 197 g/mol. The van der Waals surface area contributed by atoms with Crippen LogP contribution in [0, 0.1) is 0 Å². The Hall–Kier alpha value is -0.940. The number of carbonyl (C=O) groups excluding carboxylic acids is 2. The molecule has 0 aliphatic carbocycles. The Balaban J connectivity index is 2.25. The quantitative estimate of drug-likeness (QED) is 0.488. The summed E-state index contributed by atoms with van der Waals surface area (Å²) in [6.45, 7) is 1.94. The van der Waals surface area contributed by atoms with Crippen LogP contribution in [0.5, 0.6) is 0 Å². The van der Waals surface area contributed by atoms with Crippen LogP contribution < -0.4 is 5.32 Å². The molecule has 0 radical (unpaired) electrons. The van der Waals surface area contributed by atoms with Gasteiger partial charge in [-0.3, -0.25) is 19.8 Å². The Morgan fingerprint density at radius 2 is 2.07 bits per heavy atom. The maximum Gasteiger partial charge on any atom is 0.248 e. The number of nitrogens with zero attached hydrogens (tertiary/aromatic N) is 2. The van der Waals surface area contributed by atoms with Gasteiger partial charge in [-0.25, -0.2) is 0 Å². The number of hydrogen-bond acceptors (Lipinski definition) is 4. The Morgan fingerprint density at radius 3 is 2.57 bits per heavy atom. The molecule has 1 unspecified atom stereocenters. The third kappa shape index (κ3) is 1.24. The van der Waals surface area contributed by atoms with Crippen molar-refractivity contribution in [2.24, 2.45) is 0 Å². The second-order valence-electron chi connectivity index (χ2n) is 4.25. The van der Waals surface area contributed by atoms with Crippen LogP contribution in [0.15, 0.2) is 0 Å². The minimum atomic E-state index is -0.470. The third-order valence-electron chi connectivity index (χ3n) is 3.23. The van der Waals surface area contributed by atoms with Gasteiger partial charge in [-0.15, -0.1) is 0 Å². The first-order valence-corrected chi connectivity index (χ1v) is 4.79. The number of carbonyl (C=O) groups is 2. The van der Waals surface area contributed by atoms with Crippen LogP contribution in [0.3, 0.4) is 0 Å². The molecule has 14 heavy (non-hydrogen) atoms. The van der Waals surface area contributed by atoms with E-state index in [-0.39, 0.29) is 11.8 Å². The largest absolute Gasteiger partial charge is 0.304 e. The molecule has 0 bridgehead atoms. The molecular weight excluding hydrogens is 182 g/mol. The summed E-state index contributed by atoms with van der Waals surface area (Å²) in [5, 5.41) is 2.42. The van der Waals surface area contributed by atoms with Crippen LogP contribution in [-0.4, -0.2) is 60.9 Å². The molecule has 1 N–H and O–H groups in total. The lowest BCUT2D eigenvalue weighted by Crippen LogP contribution is -2.66. The second-order valence-corrected chi connectivity index (χ2v) is 4.25. The molecule has 5 heteroatoms. The highest BCUT2D eigenvalue weighted by Gasteiger charge is 2.50. The SMILES string of the molecule is CN1CCC2(C1)C(=O)NC(=O)CN2C. The highest BCUT2D eigenvalue weighted by atomic mass is 16.2. The molecule has 0 aromatic carbocycles. The van der Waals surface area contributed by atoms with Crippen molar-refractivity contribution in [3.63, 3.8) is 0 Å². The van der Waals surface area contributed by atoms with E-state index in [1.807, 2.05) is 19.0 Å². The lowest BCUT2D eigenvalue weighted by atomic mass is 9.93. The van der Waals surface area contributed by atoms with Gasteiger partial charge in [0.1, 0.15) is 5.54 Å². The van der Waals surface area contributed by atoms with Crippen molar-refractivity contribution >= 4 is 11.8 Å². The zero-order valence-electron chi connectivity index (χ0n) is 8.54. The summed E-state index contributed by atoms with van der Waals surface area (Å²) in [4.78, 5) is 26.9. The Kier molecular flexibility index (Phi) is 2.08. The standard InChI is InChI=1S/C9H15N3O2/c1-11-4-3-9(6-11)8(14)10-7(13)5-12(9)2/h3-6H2,1-2H3,(H,10,13,14). The Labute approximate surface area is 83.0 Å². The number of nitrogens with one attached hydrogen (secondary N) is 1. The predicted octanol–water partition coefficient (Wildman–Crippen LogP) is -1.35. The fourth-order valence-corrected chi connectivity index (χ4v) is 2.30. The number of rotatable bonds is 0. The maximum absolute atomic E-state index is 11.8. The zero-order valence-corrected chi connectivity index (χ0v) is 8.54. The van der Waals surface area contributed by atoms with Gasteiger partial charge in [-0.05, 0) is 20.5 Å². The molecule has 2 heterocycles. The molecule has 2 fully saturated rings. The van der Waals surface area contributed by atoms with Crippen molar-refractivity contribution < 1.29 is 9.59 Å². The van der Waals surface area contributed by atoms with Gasteiger partial charge in [-0.1, -0.05) is 0 Å². The van der Waals surface area contributed by atoms with E-state index >= 15 is 0 Å².